The number of ether oxygens (including phenoxy) is 1. The van der Waals surface area contributed by atoms with Gasteiger partial charge in [0.1, 0.15) is 16.8 Å². The second kappa shape index (κ2) is 9.76. The molecule has 0 radical (unpaired) electrons. The number of nitrogens with one attached hydrogen (secondary N) is 1. The van der Waals surface area contributed by atoms with Gasteiger partial charge in [0.25, 0.3) is 5.91 Å². The number of carbonyl (C=O) groups is 1. The molecule has 2 aliphatic rings. The number of fused-ring (bicyclic) bond motifs is 1. The predicted octanol–water partition coefficient (Wildman–Crippen LogP) is 4.36. The Balaban J connectivity index is 1.68. The van der Waals surface area contributed by atoms with Crippen molar-refractivity contribution in [1.29, 1.82) is 0 Å². The van der Waals surface area contributed by atoms with E-state index in [2.05, 4.69) is 20.9 Å². The first kappa shape index (κ1) is 22.9. The molecule has 1 aromatic carbocycles. The van der Waals surface area contributed by atoms with E-state index in [0.717, 1.165) is 35.2 Å². The summed E-state index contributed by atoms with van der Waals surface area (Å²) in [5.41, 5.74) is 4.25. The first-order valence-corrected chi connectivity index (χ1v) is 12.4. The number of aryl methyl sites for hydroxylation is 2. The molecule has 34 heavy (non-hydrogen) atoms. The van der Waals surface area contributed by atoms with Crippen LogP contribution in [0.2, 0.25) is 0 Å². The van der Waals surface area contributed by atoms with Gasteiger partial charge in [-0.1, -0.05) is 37.5 Å². The van der Waals surface area contributed by atoms with E-state index in [1.54, 1.807) is 6.20 Å². The summed E-state index contributed by atoms with van der Waals surface area (Å²) in [6, 6.07) is 10.2. The van der Waals surface area contributed by atoms with Crippen LogP contribution in [0.3, 0.4) is 0 Å². The smallest absolute Gasteiger partial charge is 0.261 e. The van der Waals surface area contributed by atoms with Crippen molar-refractivity contribution in [2.75, 3.05) is 26.2 Å². The average Bonchev–Trinajstić information content (AvgIpc) is 3.20. The second-order valence-corrected chi connectivity index (χ2v) is 9.62. The van der Waals surface area contributed by atoms with Gasteiger partial charge in [-0.2, -0.15) is 0 Å². The number of hydrogen-bond acceptors (Lipinski definition) is 5. The molecule has 0 bridgehead atoms. The van der Waals surface area contributed by atoms with Gasteiger partial charge >= 0.3 is 0 Å². The number of nitrogens with zero attached hydrogens (tertiary/aromatic N) is 3. The summed E-state index contributed by atoms with van der Waals surface area (Å²) in [6.45, 7) is 5.77. The standard InChI is InChI=1S/C27H34N4O3/c1-18-8-6-9-19(2)25(18)34-27-23(26(33)30-15-14-28-20(16-30)17-32)24-22(12-7-13-29-24)31(27)21-10-4-3-5-11-21/h6-9,12-13,20-21,28,32H,3-5,10-11,14-17H2,1-2H3/t20-/m1/s1. The number of para-hydroxylation sites is 1. The van der Waals surface area contributed by atoms with Crippen LogP contribution in [-0.2, 0) is 0 Å². The van der Waals surface area contributed by atoms with E-state index < -0.39 is 0 Å². The molecule has 1 amide bonds. The summed E-state index contributed by atoms with van der Waals surface area (Å²) in [4.78, 5) is 20.5. The molecule has 2 aromatic heterocycles. The van der Waals surface area contributed by atoms with Crippen LogP contribution in [0, 0.1) is 13.8 Å². The quantitative estimate of drug-likeness (QED) is 0.589. The topological polar surface area (TPSA) is 79.6 Å². The molecule has 7 nitrogen and oxygen atoms in total. The van der Waals surface area contributed by atoms with Crippen molar-refractivity contribution in [2.45, 2.75) is 58.0 Å². The highest BCUT2D eigenvalue weighted by Gasteiger charge is 2.34. The van der Waals surface area contributed by atoms with Gasteiger partial charge < -0.3 is 24.6 Å². The van der Waals surface area contributed by atoms with E-state index in [4.69, 9.17) is 4.74 Å². The zero-order valence-corrected chi connectivity index (χ0v) is 20.1. The monoisotopic (exact) mass is 462 g/mol. The Labute approximate surface area is 200 Å². The number of piperazine rings is 1. The van der Waals surface area contributed by atoms with Gasteiger partial charge in [0, 0.05) is 37.9 Å². The number of aromatic nitrogens is 2. The number of aliphatic hydroxyl groups excluding tert-OH is 1. The molecular formula is C27H34N4O3. The lowest BCUT2D eigenvalue weighted by Gasteiger charge is -2.33. The highest BCUT2D eigenvalue weighted by Crippen LogP contribution is 2.42. The molecule has 1 aliphatic heterocycles. The lowest BCUT2D eigenvalue weighted by molar-refractivity contribution is 0.0670. The fourth-order valence-electron chi connectivity index (χ4n) is 5.46. The summed E-state index contributed by atoms with van der Waals surface area (Å²) in [5.74, 6) is 1.31. The molecule has 5 rings (SSSR count). The molecule has 1 saturated heterocycles. The number of carbonyl (C=O) groups excluding carboxylic acids is 1. The van der Waals surface area contributed by atoms with Crippen molar-refractivity contribution in [3.05, 3.63) is 53.2 Å². The summed E-state index contributed by atoms with van der Waals surface area (Å²) in [5, 5.41) is 12.9. The molecule has 3 aromatic rings. The summed E-state index contributed by atoms with van der Waals surface area (Å²) in [7, 11) is 0. The van der Waals surface area contributed by atoms with Crippen molar-refractivity contribution in [3.63, 3.8) is 0 Å². The minimum atomic E-state index is -0.125. The molecule has 7 heteroatoms. The van der Waals surface area contributed by atoms with Gasteiger partial charge in [-0.3, -0.25) is 9.78 Å². The Morgan fingerprint density at radius 3 is 2.65 bits per heavy atom. The van der Waals surface area contributed by atoms with Crippen LogP contribution in [0.4, 0.5) is 0 Å². The van der Waals surface area contributed by atoms with E-state index >= 15 is 0 Å². The lowest BCUT2D eigenvalue weighted by atomic mass is 9.95. The lowest BCUT2D eigenvalue weighted by Crippen LogP contribution is -2.54. The maximum absolute atomic E-state index is 14.0. The van der Waals surface area contributed by atoms with Crippen molar-refractivity contribution in [1.82, 2.24) is 19.8 Å². The molecule has 3 heterocycles. The third-order valence-corrected chi connectivity index (χ3v) is 7.24. The fourth-order valence-corrected chi connectivity index (χ4v) is 5.46. The van der Waals surface area contributed by atoms with E-state index in [1.807, 2.05) is 43.0 Å². The normalized spacial score (nSPS) is 19.5. The third-order valence-electron chi connectivity index (χ3n) is 7.24. The third kappa shape index (κ3) is 4.18. The van der Waals surface area contributed by atoms with Crippen molar-refractivity contribution in [3.8, 4) is 11.6 Å². The van der Waals surface area contributed by atoms with E-state index in [0.29, 0.717) is 36.6 Å². The molecule has 2 fully saturated rings. The minimum absolute atomic E-state index is 0.00236. The number of rotatable bonds is 5. The van der Waals surface area contributed by atoms with Crippen LogP contribution in [0.5, 0.6) is 11.6 Å². The largest absolute Gasteiger partial charge is 0.439 e. The molecule has 1 atom stereocenters. The van der Waals surface area contributed by atoms with Gasteiger partial charge in [-0.05, 0) is 49.9 Å². The number of amides is 1. The Kier molecular flexibility index (Phi) is 6.57. The molecule has 1 saturated carbocycles. The van der Waals surface area contributed by atoms with Crippen LogP contribution >= 0.6 is 0 Å². The van der Waals surface area contributed by atoms with Crippen LogP contribution in [0.15, 0.2) is 36.5 Å². The van der Waals surface area contributed by atoms with E-state index in [9.17, 15) is 9.90 Å². The summed E-state index contributed by atoms with van der Waals surface area (Å²) in [6.07, 6.45) is 7.47. The maximum atomic E-state index is 14.0. The van der Waals surface area contributed by atoms with Crippen LogP contribution in [0.25, 0.3) is 11.0 Å². The molecule has 0 unspecified atom stereocenters. The van der Waals surface area contributed by atoms with Crippen LogP contribution in [-0.4, -0.2) is 57.7 Å². The summed E-state index contributed by atoms with van der Waals surface area (Å²) >= 11 is 0. The van der Waals surface area contributed by atoms with Gasteiger partial charge in [-0.15, -0.1) is 0 Å². The summed E-state index contributed by atoms with van der Waals surface area (Å²) < 4.78 is 8.96. The minimum Gasteiger partial charge on any atom is -0.439 e. The zero-order chi connectivity index (χ0) is 23.7. The Morgan fingerprint density at radius 1 is 1.15 bits per heavy atom. The molecule has 0 spiro atoms. The highest BCUT2D eigenvalue weighted by atomic mass is 16.5. The molecule has 180 valence electrons. The van der Waals surface area contributed by atoms with Crippen LogP contribution in [0.1, 0.15) is 59.6 Å². The van der Waals surface area contributed by atoms with E-state index in [1.165, 1.54) is 19.3 Å². The average molecular weight is 463 g/mol. The predicted molar refractivity (Wildman–Crippen MR) is 133 cm³/mol. The number of benzene rings is 1. The van der Waals surface area contributed by atoms with Crippen molar-refractivity contribution in [2.24, 2.45) is 0 Å². The van der Waals surface area contributed by atoms with Gasteiger partial charge in [0.15, 0.2) is 0 Å². The van der Waals surface area contributed by atoms with Crippen molar-refractivity contribution < 1.29 is 14.6 Å². The molecule has 2 N–H and O–H groups in total. The first-order valence-electron chi connectivity index (χ1n) is 12.4. The Hall–Kier alpha value is -2.90. The Bertz CT molecular complexity index is 1160. The number of pyridine rings is 1. The molecular weight excluding hydrogens is 428 g/mol. The second-order valence-electron chi connectivity index (χ2n) is 9.62. The van der Waals surface area contributed by atoms with Gasteiger partial charge in [0.2, 0.25) is 5.88 Å². The SMILES string of the molecule is Cc1cccc(C)c1Oc1c(C(=O)N2CCN[C@@H](CO)C2)c2ncccc2n1C1CCCCC1. The Morgan fingerprint density at radius 2 is 1.91 bits per heavy atom. The first-order chi connectivity index (χ1) is 16.6. The highest BCUT2D eigenvalue weighted by molar-refractivity contribution is 6.08. The van der Waals surface area contributed by atoms with E-state index in [-0.39, 0.29) is 24.6 Å². The zero-order valence-electron chi connectivity index (χ0n) is 20.1. The van der Waals surface area contributed by atoms with Gasteiger partial charge in [-0.25, -0.2) is 0 Å². The van der Waals surface area contributed by atoms with Gasteiger partial charge in [0.05, 0.1) is 12.1 Å². The maximum Gasteiger partial charge on any atom is 0.261 e. The number of aliphatic hydroxyl groups is 1. The fraction of sp³-hybridized carbons (Fsp3) is 0.481. The number of hydrogen-bond donors (Lipinski definition) is 2. The van der Waals surface area contributed by atoms with Crippen LogP contribution < -0.4 is 10.1 Å². The molecule has 1 aliphatic carbocycles. The van der Waals surface area contributed by atoms with Crippen molar-refractivity contribution >= 4 is 16.9 Å².